The van der Waals surface area contributed by atoms with Crippen LogP contribution >= 0.6 is 11.6 Å². The largest absolute Gasteiger partial charge is 0.477 e. The fraction of sp³-hybridized carbons (Fsp3) is 0.400. The Kier molecular flexibility index (Phi) is 3.48. The molecule has 0 N–H and O–H groups in total. The Bertz CT molecular complexity index is 390. The molecule has 0 aliphatic heterocycles. The van der Waals surface area contributed by atoms with Gasteiger partial charge in [0.05, 0.1) is 5.02 Å². The summed E-state index contributed by atoms with van der Waals surface area (Å²) in [7, 11) is 1.75. The van der Waals surface area contributed by atoms with Gasteiger partial charge in [-0.15, -0.1) is 0 Å². The molecule has 0 aliphatic carbocycles. The summed E-state index contributed by atoms with van der Waals surface area (Å²) in [6.07, 6.45) is -4.44. The first-order valence-electron chi connectivity index (χ1n) is 4.65. The van der Waals surface area contributed by atoms with Crippen LogP contribution in [0.2, 0.25) is 5.02 Å². The lowest BCUT2D eigenvalue weighted by Crippen LogP contribution is -2.44. The SMILES string of the molecule is Bc1ccc(Cl)c(OC(C)(C)C(F)(F)F)c1. The van der Waals surface area contributed by atoms with Gasteiger partial charge in [0, 0.05) is 0 Å². The second-order valence-corrected chi connectivity index (χ2v) is 4.45. The van der Waals surface area contributed by atoms with Crippen LogP contribution in [-0.2, 0) is 0 Å². The first-order valence-corrected chi connectivity index (χ1v) is 5.03. The van der Waals surface area contributed by atoms with Crippen LogP contribution in [0.3, 0.4) is 0 Å². The van der Waals surface area contributed by atoms with E-state index in [0.717, 1.165) is 19.3 Å². The number of ether oxygens (including phenoxy) is 1. The molecule has 0 heterocycles. The van der Waals surface area contributed by atoms with Crippen LogP contribution in [0.1, 0.15) is 13.8 Å². The van der Waals surface area contributed by atoms with E-state index in [9.17, 15) is 13.2 Å². The third kappa shape index (κ3) is 2.85. The van der Waals surface area contributed by atoms with Crippen LogP contribution in [0.5, 0.6) is 5.75 Å². The Labute approximate surface area is 98.0 Å². The van der Waals surface area contributed by atoms with Gasteiger partial charge in [-0.2, -0.15) is 13.2 Å². The molecule has 16 heavy (non-hydrogen) atoms. The number of hydrogen-bond donors (Lipinski definition) is 0. The Morgan fingerprint density at radius 2 is 1.81 bits per heavy atom. The molecule has 0 unspecified atom stereocenters. The summed E-state index contributed by atoms with van der Waals surface area (Å²) in [5.41, 5.74) is -1.47. The smallest absolute Gasteiger partial charge is 0.427 e. The maximum absolute atomic E-state index is 12.6. The molecule has 0 fully saturated rings. The molecule has 1 rings (SSSR count). The molecule has 0 saturated carbocycles. The summed E-state index contributed by atoms with van der Waals surface area (Å²) in [6, 6.07) is 4.70. The van der Waals surface area contributed by atoms with Crippen molar-refractivity contribution in [2.75, 3.05) is 0 Å². The molecule has 0 spiro atoms. The van der Waals surface area contributed by atoms with Gasteiger partial charge >= 0.3 is 6.18 Å². The van der Waals surface area contributed by atoms with Crippen molar-refractivity contribution < 1.29 is 17.9 Å². The van der Waals surface area contributed by atoms with Gasteiger partial charge in [-0.05, 0) is 26.0 Å². The van der Waals surface area contributed by atoms with Crippen molar-refractivity contribution in [1.82, 2.24) is 0 Å². The van der Waals surface area contributed by atoms with E-state index in [-0.39, 0.29) is 10.8 Å². The number of alkyl halides is 3. The maximum atomic E-state index is 12.6. The molecule has 1 aromatic rings. The minimum absolute atomic E-state index is 0.0454. The second kappa shape index (κ2) is 4.20. The van der Waals surface area contributed by atoms with Gasteiger partial charge in [-0.25, -0.2) is 0 Å². The van der Waals surface area contributed by atoms with Crippen LogP contribution in [0, 0.1) is 0 Å². The lowest BCUT2D eigenvalue weighted by Gasteiger charge is -2.29. The molecule has 1 nitrogen and oxygen atoms in total. The Morgan fingerprint density at radius 1 is 1.25 bits per heavy atom. The number of hydrogen-bond acceptors (Lipinski definition) is 1. The number of benzene rings is 1. The fourth-order valence-electron chi connectivity index (χ4n) is 1.02. The van der Waals surface area contributed by atoms with Gasteiger partial charge in [-0.1, -0.05) is 23.1 Å². The molecule has 6 heteroatoms. The van der Waals surface area contributed by atoms with Crippen molar-refractivity contribution in [3.05, 3.63) is 23.2 Å². The molecular weight excluding hydrogens is 239 g/mol. The highest BCUT2D eigenvalue weighted by molar-refractivity contribution is 6.35. The van der Waals surface area contributed by atoms with E-state index >= 15 is 0 Å². The zero-order valence-electron chi connectivity index (χ0n) is 9.15. The highest BCUT2D eigenvalue weighted by Crippen LogP contribution is 2.36. The van der Waals surface area contributed by atoms with E-state index in [4.69, 9.17) is 16.3 Å². The standard InChI is InChI=1S/C10H11BClF3O/c1-9(2,10(13,14)15)16-8-5-6(11)3-4-7(8)12/h3-5H,11H2,1-2H3. The van der Waals surface area contributed by atoms with Crippen LogP contribution in [0.15, 0.2) is 18.2 Å². The predicted octanol–water partition coefficient (Wildman–Crippen LogP) is 2.32. The van der Waals surface area contributed by atoms with Crippen molar-refractivity contribution in [2.24, 2.45) is 0 Å². The second-order valence-electron chi connectivity index (χ2n) is 4.04. The summed E-state index contributed by atoms with van der Waals surface area (Å²) in [4.78, 5) is 0. The van der Waals surface area contributed by atoms with Crippen LogP contribution in [0.4, 0.5) is 13.2 Å². The zero-order chi connectivity index (χ0) is 12.6. The molecule has 88 valence electrons. The highest BCUT2D eigenvalue weighted by atomic mass is 35.5. The van der Waals surface area contributed by atoms with E-state index in [1.54, 1.807) is 13.9 Å². The normalized spacial score (nSPS) is 12.6. The molecule has 0 saturated heterocycles. The zero-order valence-corrected chi connectivity index (χ0v) is 9.91. The number of rotatable bonds is 2. The molecule has 0 radical (unpaired) electrons. The number of halogens is 4. The van der Waals surface area contributed by atoms with Crippen molar-refractivity contribution in [2.45, 2.75) is 25.6 Å². The van der Waals surface area contributed by atoms with Gasteiger partial charge < -0.3 is 4.74 Å². The highest BCUT2D eigenvalue weighted by Gasteiger charge is 2.50. The maximum Gasteiger partial charge on any atom is 0.427 e. The van der Waals surface area contributed by atoms with Crippen molar-refractivity contribution in [3.8, 4) is 5.75 Å². The van der Waals surface area contributed by atoms with Crippen molar-refractivity contribution in [3.63, 3.8) is 0 Å². The van der Waals surface area contributed by atoms with E-state index < -0.39 is 11.8 Å². The molecule has 0 atom stereocenters. The third-order valence-electron chi connectivity index (χ3n) is 2.13. The third-order valence-corrected chi connectivity index (χ3v) is 2.45. The lowest BCUT2D eigenvalue weighted by molar-refractivity contribution is -0.234. The first kappa shape index (κ1) is 13.2. The fourth-order valence-corrected chi connectivity index (χ4v) is 1.18. The summed E-state index contributed by atoms with van der Waals surface area (Å²) < 4.78 is 42.7. The van der Waals surface area contributed by atoms with Gasteiger partial charge in [0.25, 0.3) is 0 Å². The van der Waals surface area contributed by atoms with Gasteiger partial charge in [0.1, 0.15) is 13.6 Å². The summed E-state index contributed by atoms with van der Waals surface area (Å²) in [6.45, 7) is 1.93. The van der Waals surface area contributed by atoms with Gasteiger partial charge in [0.15, 0.2) is 5.60 Å². The van der Waals surface area contributed by atoms with E-state index in [0.29, 0.717) is 0 Å². The van der Waals surface area contributed by atoms with Crippen molar-refractivity contribution >= 4 is 24.9 Å². The molecule has 0 aliphatic rings. The molecule has 0 bridgehead atoms. The minimum atomic E-state index is -4.44. The monoisotopic (exact) mass is 250 g/mol. The van der Waals surface area contributed by atoms with E-state index in [2.05, 4.69) is 0 Å². The molecular formula is C10H11BClF3O. The summed E-state index contributed by atoms with van der Waals surface area (Å²) >= 11 is 5.76. The topological polar surface area (TPSA) is 9.23 Å². The van der Waals surface area contributed by atoms with Crippen LogP contribution in [0.25, 0.3) is 0 Å². The average molecular weight is 250 g/mol. The van der Waals surface area contributed by atoms with Crippen molar-refractivity contribution in [1.29, 1.82) is 0 Å². The van der Waals surface area contributed by atoms with Gasteiger partial charge in [0.2, 0.25) is 0 Å². The van der Waals surface area contributed by atoms with Crippen LogP contribution in [-0.4, -0.2) is 19.6 Å². The van der Waals surface area contributed by atoms with E-state index in [1.807, 2.05) is 0 Å². The molecule has 0 aromatic heterocycles. The Balaban J connectivity index is 3.01. The Hall–Kier alpha value is -0.835. The first-order chi connectivity index (χ1) is 7.13. The molecule has 1 aromatic carbocycles. The summed E-state index contributed by atoms with van der Waals surface area (Å²) in [5.74, 6) is 0.0454. The van der Waals surface area contributed by atoms with Crippen LogP contribution < -0.4 is 10.2 Å². The Morgan fingerprint density at radius 3 is 2.31 bits per heavy atom. The summed E-state index contributed by atoms with van der Waals surface area (Å²) in [5, 5.41) is 0.169. The quantitative estimate of drug-likeness (QED) is 0.732. The average Bonchev–Trinajstić information content (AvgIpc) is 2.09. The molecule has 0 amide bonds. The van der Waals surface area contributed by atoms with E-state index in [1.165, 1.54) is 12.1 Å². The lowest BCUT2D eigenvalue weighted by atomic mass is 9.96. The minimum Gasteiger partial charge on any atom is -0.477 e. The predicted molar refractivity (Wildman–Crippen MR) is 60.4 cm³/mol. The van der Waals surface area contributed by atoms with Gasteiger partial charge in [-0.3, -0.25) is 0 Å².